The van der Waals surface area contributed by atoms with Crippen LogP contribution >= 0.6 is 0 Å². The fourth-order valence-corrected chi connectivity index (χ4v) is 2.47. The summed E-state index contributed by atoms with van der Waals surface area (Å²) >= 11 is 0. The number of carbonyl (C=O) groups excluding carboxylic acids is 1. The Morgan fingerprint density at radius 2 is 1.70 bits per heavy atom. The van der Waals surface area contributed by atoms with Crippen LogP contribution in [-0.2, 0) is 6.54 Å². The molecule has 1 atom stereocenters. The number of carboxylic acids is 1. The van der Waals surface area contributed by atoms with Gasteiger partial charge < -0.3 is 25.2 Å². The van der Waals surface area contributed by atoms with E-state index >= 15 is 0 Å². The number of nitrogens with one attached hydrogen (secondary N) is 2. The van der Waals surface area contributed by atoms with Crippen molar-refractivity contribution in [1.82, 2.24) is 10.6 Å². The number of ether oxygens (including phenoxy) is 2. The van der Waals surface area contributed by atoms with Crippen LogP contribution < -0.4 is 20.1 Å². The number of rotatable bonds is 7. The molecule has 0 aliphatic carbocycles. The first kappa shape index (κ1) is 20.0. The maximum absolute atomic E-state index is 14.3. The second kappa shape index (κ2) is 8.88. The Hall–Kier alpha value is -3.29. The van der Waals surface area contributed by atoms with Crippen molar-refractivity contribution >= 4 is 12.0 Å². The number of amides is 2. The summed E-state index contributed by atoms with van der Waals surface area (Å²) in [6.07, 6.45) is 0. The summed E-state index contributed by atoms with van der Waals surface area (Å²) in [5, 5.41) is 14.2. The molecule has 2 aromatic carbocycles. The van der Waals surface area contributed by atoms with Crippen molar-refractivity contribution in [2.45, 2.75) is 19.5 Å². The van der Waals surface area contributed by atoms with Gasteiger partial charge in [0.2, 0.25) is 0 Å². The Morgan fingerprint density at radius 1 is 1.11 bits per heavy atom. The average Bonchev–Trinajstić information content (AvgIpc) is 2.66. The lowest BCUT2D eigenvalue weighted by Gasteiger charge is -2.18. The van der Waals surface area contributed by atoms with Crippen molar-refractivity contribution in [1.29, 1.82) is 0 Å². The van der Waals surface area contributed by atoms with Crippen molar-refractivity contribution in [2.75, 3.05) is 14.2 Å². The SMILES string of the molecule is COc1cc(F)c(C(C)NC(=O)NCc2ccc(C(=O)O)cc2)cc1OC. The van der Waals surface area contributed by atoms with Gasteiger partial charge in [-0.2, -0.15) is 0 Å². The standard InChI is InChI=1S/C19H21FN2O5/c1-11(14-8-16(26-2)17(27-3)9-15(14)20)22-19(25)21-10-12-4-6-13(7-5-12)18(23)24/h4-9,11H,10H2,1-3H3,(H,23,24)(H2,21,22,25). The van der Waals surface area contributed by atoms with Gasteiger partial charge in [0.1, 0.15) is 5.82 Å². The highest BCUT2D eigenvalue weighted by Crippen LogP contribution is 2.32. The van der Waals surface area contributed by atoms with Crippen LogP contribution in [0.3, 0.4) is 0 Å². The Balaban J connectivity index is 1.98. The first-order valence-corrected chi connectivity index (χ1v) is 8.13. The zero-order valence-electron chi connectivity index (χ0n) is 15.2. The largest absolute Gasteiger partial charge is 0.493 e. The summed E-state index contributed by atoms with van der Waals surface area (Å²) in [5.74, 6) is -0.913. The highest BCUT2D eigenvalue weighted by Gasteiger charge is 2.17. The summed E-state index contributed by atoms with van der Waals surface area (Å²) < 4.78 is 24.5. The molecular formula is C19H21FN2O5. The second-order valence-corrected chi connectivity index (χ2v) is 5.78. The molecule has 2 amide bonds. The number of benzene rings is 2. The van der Waals surface area contributed by atoms with E-state index < -0.39 is 23.9 Å². The molecule has 0 saturated heterocycles. The lowest BCUT2D eigenvalue weighted by molar-refractivity contribution is 0.0697. The van der Waals surface area contributed by atoms with Crippen LogP contribution in [0, 0.1) is 5.82 Å². The van der Waals surface area contributed by atoms with Gasteiger partial charge in [-0.1, -0.05) is 12.1 Å². The van der Waals surface area contributed by atoms with E-state index in [1.807, 2.05) is 0 Å². The van der Waals surface area contributed by atoms with Gasteiger partial charge in [-0.25, -0.2) is 14.0 Å². The first-order chi connectivity index (χ1) is 12.8. The normalized spacial score (nSPS) is 11.4. The van der Waals surface area contributed by atoms with E-state index in [0.29, 0.717) is 5.75 Å². The molecule has 144 valence electrons. The highest BCUT2D eigenvalue weighted by atomic mass is 19.1. The third-order valence-electron chi connectivity index (χ3n) is 3.97. The van der Waals surface area contributed by atoms with Crippen molar-refractivity contribution < 1.29 is 28.6 Å². The Morgan fingerprint density at radius 3 is 2.26 bits per heavy atom. The van der Waals surface area contributed by atoms with Crippen LogP contribution in [0.4, 0.5) is 9.18 Å². The molecule has 27 heavy (non-hydrogen) atoms. The minimum absolute atomic E-state index is 0.167. The lowest BCUT2D eigenvalue weighted by Crippen LogP contribution is -2.36. The zero-order valence-corrected chi connectivity index (χ0v) is 15.2. The molecule has 0 aliphatic rings. The lowest BCUT2D eigenvalue weighted by atomic mass is 10.1. The van der Waals surface area contributed by atoms with Crippen molar-refractivity contribution in [3.05, 3.63) is 58.9 Å². The molecule has 0 radical (unpaired) electrons. The Labute approximate surface area is 156 Å². The van der Waals surface area contributed by atoms with Crippen LogP contribution in [0.2, 0.25) is 0 Å². The van der Waals surface area contributed by atoms with Crippen LogP contribution in [0.25, 0.3) is 0 Å². The van der Waals surface area contributed by atoms with Crippen molar-refractivity contribution in [3.63, 3.8) is 0 Å². The number of methoxy groups -OCH3 is 2. The zero-order chi connectivity index (χ0) is 20.0. The smallest absolute Gasteiger partial charge is 0.335 e. The predicted molar refractivity (Wildman–Crippen MR) is 96.7 cm³/mol. The maximum Gasteiger partial charge on any atom is 0.335 e. The van der Waals surface area contributed by atoms with Gasteiger partial charge in [0.15, 0.2) is 11.5 Å². The number of carboxylic acid groups (broad SMARTS) is 1. The van der Waals surface area contributed by atoms with Gasteiger partial charge in [-0.3, -0.25) is 0 Å². The van der Waals surface area contributed by atoms with Gasteiger partial charge in [-0.15, -0.1) is 0 Å². The molecule has 2 aromatic rings. The second-order valence-electron chi connectivity index (χ2n) is 5.78. The molecule has 0 aliphatic heterocycles. The van der Waals surface area contributed by atoms with E-state index in [9.17, 15) is 14.0 Å². The number of carbonyl (C=O) groups is 2. The fraction of sp³-hybridized carbons (Fsp3) is 0.263. The predicted octanol–water partition coefficient (Wildman–Crippen LogP) is 3.10. The van der Waals surface area contributed by atoms with E-state index in [0.717, 1.165) is 5.56 Å². The minimum Gasteiger partial charge on any atom is -0.493 e. The summed E-state index contributed by atoms with van der Waals surface area (Å²) in [6.45, 7) is 1.85. The number of hydrogen-bond donors (Lipinski definition) is 3. The monoisotopic (exact) mass is 376 g/mol. The summed E-state index contributed by atoms with van der Waals surface area (Å²) in [7, 11) is 2.86. The molecule has 8 heteroatoms. The summed E-state index contributed by atoms with van der Waals surface area (Å²) in [4.78, 5) is 22.9. The van der Waals surface area contributed by atoms with E-state index in [1.165, 1.54) is 38.5 Å². The van der Waals surface area contributed by atoms with Gasteiger partial charge >= 0.3 is 12.0 Å². The molecule has 1 unspecified atom stereocenters. The minimum atomic E-state index is -1.02. The van der Waals surface area contributed by atoms with Gasteiger partial charge in [-0.05, 0) is 30.7 Å². The van der Waals surface area contributed by atoms with E-state index in [1.54, 1.807) is 19.1 Å². The first-order valence-electron chi connectivity index (χ1n) is 8.13. The molecule has 0 bridgehead atoms. The number of aromatic carboxylic acids is 1. The summed E-state index contributed by atoms with van der Waals surface area (Å²) in [6, 6.07) is 7.72. The summed E-state index contributed by atoms with van der Waals surface area (Å²) in [5.41, 5.74) is 1.16. The third kappa shape index (κ3) is 5.10. The highest BCUT2D eigenvalue weighted by molar-refractivity contribution is 5.87. The molecule has 0 saturated carbocycles. The van der Waals surface area contributed by atoms with Gasteiger partial charge in [0, 0.05) is 18.2 Å². The molecule has 3 N–H and O–H groups in total. The van der Waals surface area contributed by atoms with E-state index in [-0.39, 0.29) is 23.4 Å². The van der Waals surface area contributed by atoms with Gasteiger partial charge in [0.05, 0.1) is 25.8 Å². The number of hydrogen-bond acceptors (Lipinski definition) is 4. The van der Waals surface area contributed by atoms with Crippen LogP contribution in [-0.4, -0.2) is 31.3 Å². The quantitative estimate of drug-likeness (QED) is 0.690. The Bertz CT molecular complexity index is 824. The molecule has 7 nitrogen and oxygen atoms in total. The van der Waals surface area contributed by atoms with Crippen LogP contribution in [0.15, 0.2) is 36.4 Å². The molecule has 0 heterocycles. The number of urea groups is 1. The Kier molecular flexibility index (Phi) is 6.59. The third-order valence-corrected chi connectivity index (χ3v) is 3.97. The van der Waals surface area contributed by atoms with Crippen molar-refractivity contribution in [2.24, 2.45) is 0 Å². The molecule has 0 spiro atoms. The van der Waals surface area contributed by atoms with Crippen LogP contribution in [0.1, 0.15) is 34.5 Å². The maximum atomic E-state index is 14.3. The molecular weight excluding hydrogens is 355 g/mol. The van der Waals surface area contributed by atoms with Gasteiger partial charge in [0.25, 0.3) is 0 Å². The van der Waals surface area contributed by atoms with Crippen LogP contribution in [0.5, 0.6) is 11.5 Å². The topological polar surface area (TPSA) is 96.9 Å². The van der Waals surface area contributed by atoms with Crippen molar-refractivity contribution in [3.8, 4) is 11.5 Å². The van der Waals surface area contributed by atoms with E-state index in [2.05, 4.69) is 10.6 Å². The number of halogens is 1. The molecule has 0 aromatic heterocycles. The van der Waals surface area contributed by atoms with E-state index in [4.69, 9.17) is 14.6 Å². The average molecular weight is 376 g/mol. The fourth-order valence-electron chi connectivity index (χ4n) is 2.47. The molecule has 0 fully saturated rings. The molecule has 2 rings (SSSR count).